The molecule has 0 fully saturated rings. The first-order valence-electron chi connectivity index (χ1n) is 5.94. The molecule has 6 nitrogen and oxygen atoms in total. The van der Waals surface area contributed by atoms with Gasteiger partial charge in [0.2, 0.25) is 5.95 Å². The van der Waals surface area contributed by atoms with E-state index >= 15 is 0 Å². The van der Waals surface area contributed by atoms with E-state index in [1.807, 2.05) is 0 Å². The van der Waals surface area contributed by atoms with Crippen molar-refractivity contribution in [3.05, 3.63) is 41.8 Å². The van der Waals surface area contributed by atoms with Gasteiger partial charge in [0, 0.05) is 14.1 Å². The highest BCUT2D eigenvalue weighted by Gasteiger charge is 2.12. The maximum absolute atomic E-state index is 13.7. The first-order chi connectivity index (χ1) is 9.65. The van der Waals surface area contributed by atoms with Gasteiger partial charge in [-0.3, -0.25) is 4.79 Å². The number of benzene rings is 1. The van der Waals surface area contributed by atoms with Gasteiger partial charge in [-0.1, -0.05) is 12.1 Å². The number of carbonyl (C=O) groups excluding carboxylic acids is 1. The predicted octanol–water partition coefficient (Wildman–Crippen LogP) is 1.76. The zero-order valence-corrected chi connectivity index (χ0v) is 11.1. The Hall–Kier alpha value is -2.70. The van der Waals surface area contributed by atoms with E-state index in [1.54, 1.807) is 31.3 Å². The maximum Gasteiger partial charge on any atom is 0.253 e. The maximum atomic E-state index is 13.7. The SMILES string of the molecule is CNC(=O)c1ccccc1Nc1nc(NC)ncc1F. The van der Waals surface area contributed by atoms with Crippen molar-refractivity contribution in [2.45, 2.75) is 0 Å². The number of halogens is 1. The van der Waals surface area contributed by atoms with Gasteiger partial charge in [-0.25, -0.2) is 9.37 Å². The molecule has 1 aromatic carbocycles. The minimum Gasteiger partial charge on any atom is -0.357 e. The fourth-order valence-corrected chi connectivity index (χ4v) is 1.63. The number of rotatable bonds is 4. The average Bonchev–Trinajstić information content (AvgIpc) is 2.49. The quantitative estimate of drug-likeness (QED) is 0.792. The lowest BCUT2D eigenvalue weighted by Crippen LogP contribution is -2.19. The third-order valence-electron chi connectivity index (χ3n) is 2.62. The normalized spacial score (nSPS) is 9.95. The van der Waals surface area contributed by atoms with Crippen LogP contribution in [-0.4, -0.2) is 30.0 Å². The van der Waals surface area contributed by atoms with Gasteiger partial charge in [-0.2, -0.15) is 4.98 Å². The smallest absolute Gasteiger partial charge is 0.253 e. The molecule has 0 aliphatic heterocycles. The first kappa shape index (κ1) is 13.7. The van der Waals surface area contributed by atoms with Crippen LogP contribution in [0, 0.1) is 5.82 Å². The van der Waals surface area contributed by atoms with Crippen molar-refractivity contribution in [3.8, 4) is 0 Å². The summed E-state index contributed by atoms with van der Waals surface area (Å²) < 4.78 is 13.7. The van der Waals surface area contributed by atoms with E-state index in [9.17, 15) is 9.18 Å². The molecular weight excluding hydrogens is 261 g/mol. The van der Waals surface area contributed by atoms with Gasteiger partial charge in [0.25, 0.3) is 5.91 Å². The molecule has 104 valence electrons. The van der Waals surface area contributed by atoms with Gasteiger partial charge >= 0.3 is 0 Å². The molecule has 0 aliphatic carbocycles. The summed E-state index contributed by atoms with van der Waals surface area (Å²) in [4.78, 5) is 19.5. The molecule has 0 spiro atoms. The highest BCUT2D eigenvalue weighted by molar-refractivity contribution is 6.00. The van der Waals surface area contributed by atoms with Crippen LogP contribution in [0.1, 0.15) is 10.4 Å². The largest absolute Gasteiger partial charge is 0.357 e. The van der Waals surface area contributed by atoms with Crippen molar-refractivity contribution >= 4 is 23.4 Å². The van der Waals surface area contributed by atoms with Crippen molar-refractivity contribution in [3.63, 3.8) is 0 Å². The molecule has 2 rings (SSSR count). The van der Waals surface area contributed by atoms with E-state index in [0.717, 1.165) is 6.20 Å². The number of para-hydroxylation sites is 1. The Balaban J connectivity index is 2.37. The van der Waals surface area contributed by atoms with E-state index in [1.165, 1.54) is 7.05 Å². The van der Waals surface area contributed by atoms with Crippen LogP contribution < -0.4 is 16.0 Å². The zero-order valence-electron chi connectivity index (χ0n) is 11.1. The van der Waals surface area contributed by atoms with Crippen LogP contribution in [-0.2, 0) is 0 Å². The van der Waals surface area contributed by atoms with Crippen LogP contribution in [0.4, 0.5) is 21.8 Å². The number of nitrogens with zero attached hydrogens (tertiary/aromatic N) is 2. The highest BCUT2D eigenvalue weighted by Crippen LogP contribution is 2.22. The van der Waals surface area contributed by atoms with Gasteiger partial charge in [-0.15, -0.1) is 0 Å². The van der Waals surface area contributed by atoms with Crippen molar-refractivity contribution < 1.29 is 9.18 Å². The van der Waals surface area contributed by atoms with Crippen molar-refractivity contribution in [2.75, 3.05) is 24.7 Å². The Bertz CT molecular complexity index is 632. The summed E-state index contributed by atoms with van der Waals surface area (Å²) in [6.07, 6.45) is 1.06. The Labute approximate surface area is 115 Å². The van der Waals surface area contributed by atoms with Crippen molar-refractivity contribution in [2.24, 2.45) is 0 Å². The highest BCUT2D eigenvalue weighted by atomic mass is 19.1. The third-order valence-corrected chi connectivity index (χ3v) is 2.62. The fourth-order valence-electron chi connectivity index (χ4n) is 1.63. The average molecular weight is 275 g/mol. The molecule has 0 aliphatic rings. The summed E-state index contributed by atoms with van der Waals surface area (Å²) in [7, 11) is 3.17. The molecule has 0 saturated carbocycles. The molecule has 1 aromatic heterocycles. The molecule has 0 saturated heterocycles. The van der Waals surface area contributed by atoms with Gasteiger partial charge in [0.15, 0.2) is 11.6 Å². The van der Waals surface area contributed by atoms with Crippen LogP contribution in [0.15, 0.2) is 30.5 Å². The molecule has 1 heterocycles. The van der Waals surface area contributed by atoms with E-state index in [0.29, 0.717) is 11.3 Å². The number of carbonyl (C=O) groups is 1. The summed E-state index contributed by atoms with van der Waals surface area (Å²) in [6.45, 7) is 0. The van der Waals surface area contributed by atoms with Crippen LogP contribution in [0.25, 0.3) is 0 Å². The number of nitrogens with one attached hydrogen (secondary N) is 3. The molecule has 7 heteroatoms. The number of hydrogen-bond acceptors (Lipinski definition) is 5. The van der Waals surface area contributed by atoms with E-state index in [4.69, 9.17) is 0 Å². The minimum atomic E-state index is -0.601. The Kier molecular flexibility index (Phi) is 4.09. The Morgan fingerprint density at radius 2 is 2.00 bits per heavy atom. The number of hydrogen-bond donors (Lipinski definition) is 3. The molecule has 1 amide bonds. The fraction of sp³-hybridized carbons (Fsp3) is 0.154. The minimum absolute atomic E-state index is 0.000651. The molecule has 20 heavy (non-hydrogen) atoms. The third kappa shape index (κ3) is 2.82. The summed E-state index contributed by atoms with van der Waals surface area (Å²) in [6, 6.07) is 6.78. The summed E-state index contributed by atoms with van der Waals surface area (Å²) in [5, 5.41) is 8.05. The summed E-state index contributed by atoms with van der Waals surface area (Å²) in [5.41, 5.74) is 0.866. The second kappa shape index (κ2) is 5.96. The van der Waals surface area contributed by atoms with E-state index < -0.39 is 5.82 Å². The molecule has 3 N–H and O–H groups in total. The van der Waals surface area contributed by atoms with Gasteiger partial charge in [0.05, 0.1) is 17.4 Å². The van der Waals surface area contributed by atoms with Crippen LogP contribution in [0.3, 0.4) is 0 Å². The van der Waals surface area contributed by atoms with Crippen LogP contribution >= 0.6 is 0 Å². The Morgan fingerprint density at radius 1 is 1.25 bits per heavy atom. The van der Waals surface area contributed by atoms with E-state index in [-0.39, 0.29) is 17.7 Å². The molecule has 0 bridgehead atoms. The second-order valence-electron chi connectivity index (χ2n) is 3.89. The Morgan fingerprint density at radius 3 is 2.70 bits per heavy atom. The lowest BCUT2D eigenvalue weighted by atomic mass is 10.1. The van der Waals surface area contributed by atoms with Crippen molar-refractivity contribution in [1.29, 1.82) is 0 Å². The molecule has 0 radical (unpaired) electrons. The predicted molar refractivity (Wildman–Crippen MR) is 74.7 cm³/mol. The zero-order chi connectivity index (χ0) is 14.5. The molecule has 2 aromatic rings. The number of amides is 1. The molecule has 0 unspecified atom stereocenters. The standard InChI is InChI=1S/C13H14FN5O/c1-15-12(20)8-5-3-4-6-10(8)18-11-9(14)7-17-13(16-2)19-11/h3-7H,1-2H3,(H,15,20)(H2,16,17,18,19). The number of aromatic nitrogens is 2. The lowest BCUT2D eigenvalue weighted by Gasteiger charge is -2.11. The van der Waals surface area contributed by atoms with E-state index in [2.05, 4.69) is 25.9 Å². The second-order valence-corrected chi connectivity index (χ2v) is 3.89. The van der Waals surface area contributed by atoms with Crippen LogP contribution in [0.2, 0.25) is 0 Å². The van der Waals surface area contributed by atoms with Gasteiger partial charge in [-0.05, 0) is 12.1 Å². The topological polar surface area (TPSA) is 78.9 Å². The summed E-state index contributed by atoms with van der Waals surface area (Å²) in [5.74, 6) is -0.584. The number of anilines is 3. The monoisotopic (exact) mass is 275 g/mol. The van der Waals surface area contributed by atoms with Crippen molar-refractivity contribution in [1.82, 2.24) is 15.3 Å². The molecule has 0 atom stereocenters. The summed E-state index contributed by atoms with van der Waals surface area (Å²) >= 11 is 0. The lowest BCUT2D eigenvalue weighted by molar-refractivity contribution is 0.0964. The van der Waals surface area contributed by atoms with Crippen LogP contribution in [0.5, 0.6) is 0 Å². The van der Waals surface area contributed by atoms with Gasteiger partial charge in [0.1, 0.15) is 0 Å². The molecular formula is C13H14FN5O. The first-order valence-corrected chi connectivity index (χ1v) is 5.94. The van der Waals surface area contributed by atoms with Gasteiger partial charge < -0.3 is 16.0 Å².